The molecule has 0 spiro atoms. The minimum absolute atomic E-state index is 0.155. The van der Waals surface area contributed by atoms with Gasteiger partial charge in [0.05, 0.1) is 19.8 Å². The van der Waals surface area contributed by atoms with Crippen LogP contribution in [0.5, 0.6) is 0 Å². The third-order valence-electron chi connectivity index (χ3n) is 4.88. The van der Waals surface area contributed by atoms with Crippen LogP contribution in [-0.4, -0.2) is 65.2 Å². The first-order valence-electron chi connectivity index (χ1n) is 9.16. The lowest BCUT2D eigenvalue weighted by Gasteiger charge is -2.35. The van der Waals surface area contributed by atoms with E-state index in [9.17, 15) is 4.79 Å². The van der Waals surface area contributed by atoms with Gasteiger partial charge in [0.2, 0.25) is 11.8 Å². The SMILES string of the molecule is CCCCc1noc(CN2CCC(C(=O)N3CCOCC3)CC2)n1. The number of likely N-dealkylation sites (tertiary alicyclic amines) is 1. The molecule has 0 bridgehead atoms. The van der Waals surface area contributed by atoms with Crippen LogP contribution in [0.2, 0.25) is 0 Å². The van der Waals surface area contributed by atoms with E-state index in [4.69, 9.17) is 9.26 Å². The minimum Gasteiger partial charge on any atom is -0.378 e. The molecule has 134 valence electrons. The Labute approximate surface area is 143 Å². The van der Waals surface area contributed by atoms with Gasteiger partial charge in [0, 0.05) is 25.4 Å². The number of morpholine rings is 1. The molecule has 1 aromatic rings. The van der Waals surface area contributed by atoms with Crippen LogP contribution >= 0.6 is 0 Å². The molecule has 0 aliphatic carbocycles. The molecule has 1 amide bonds. The van der Waals surface area contributed by atoms with Crippen molar-refractivity contribution in [2.45, 2.75) is 45.6 Å². The fourth-order valence-corrected chi connectivity index (χ4v) is 3.36. The summed E-state index contributed by atoms with van der Waals surface area (Å²) >= 11 is 0. The van der Waals surface area contributed by atoms with Crippen molar-refractivity contribution in [1.82, 2.24) is 19.9 Å². The molecule has 0 N–H and O–H groups in total. The number of rotatable bonds is 6. The molecular weight excluding hydrogens is 308 g/mol. The molecule has 2 saturated heterocycles. The van der Waals surface area contributed by atoms with Crippen molar-refractivity contribution in [1.29, 1.82) is 0 Å². The van der Waals surface area contributed by atoms with Crippen LogP contribution in [0.15, 0.2) is 4.52 Å². The Morgan fingerprint density at radius 2 is 1.96 bits per heavy atom. The van der Waals surface area contributed by atoms with Gasteiger partial charge in [0.1, 0.15) is 0 Å². The summed E-state index contributed by atoms with van der Waals surface area (Å²) in [7, 11) is 0. The number of aryl methyl sites for hydroxylation is 1. The Hall–Kier alpha value is -1.47. The van der Waals surface area contributed by atoms with E-state index in [1.54, 1.807) is 0 Å². The summed E-state index contributed by atoms with van der Waals surface area (Å²) in [5, 5.41) is 4.04. The average Bonchev–Trinajstić information content (AvgIpc) is 3.08. The number of carbonyl (C=O) groups is 1. The third kappa shape index (κ3) is 4.54. The predicted molar refractivity (Wildman–Crippen MR) is 88.3 cm³/mol. The third-order valence-corrected chi connectivity index (χ3v) is 4.88. The van der Waals surface area contributed by atoms with Gasteiger partial charge in [-0.25, -0.2) is 0 Å². The Balaban J connectivity index is 1.43. The Kier molecular flexibility index (Phi) is 6.20. The maximum atomic E-state index is 12.5. The molecule has 3 heterocycles. The number of piperidine rings is 1. The summed E-state index contributed by atoms with van der Waals surface area (Å²) in [5.74, 6) is 1.96. The van der Waals surface area contributed by atoms with Crippen molar-refractivity contribution in [3.63, 3.8) is 0 Å². The van der Waals surface area contributed by atoms with Gasteiger partial charge in [-0.05, 0) is 32.4 Å². The Morgan fingerprint density at radius 3 is 2.67 bits per heavy atom. The largest absolute Gasteiger partial charge is 0.378 e. The molecule has 2 aliphatic rings. The molecule has 7 heteroatoms. The van der Waals surface area contributed by atoms with Gasteiger partial charge >= 0.3 is 0 Å². The van der Waals surface area contributed by atoms with E-state index in [1.807, 2.05) is 4.90 Å². The van der Waals surface area contributed by atoms with Crippen molar-refractivity contribution < 1.29 is 14.1 Å². The number of aromatic nitrogens is 2. The molecule has 24 heavy (non-hydrogen) atoms. The second-order valence-electron chi connectivity index (χ2n) is 6.70. The summed E-state index contributed by atoms with van der Waals surface area (Å²) < 4.78 is 10.7. The topological polar surface area (TPSA) is 71.7 Å². The van der Waals surface area contributed by atoms with Gasteiger partial charge in [0.15, 0.2) is 5.82 Å². The highest BCUT2D eigenvalue weighted by molar-refractivity contribution is 5.79. The van der Waals surface area contributed by atoms with E-state index >= 15 is 0 Å². The second kappa shape index (κ2) is 8.58. The van der Waals surface area contributed by atoms with Crippen molar-refractivity contribution in [3.8, 4) is 0 Å². The van der Waals surface area contributed by atoms with Gasteiger partial charge in [-0.15, -0.1) is 0 Å². The maximum absolute atomic E-state index is 12.5. The monoisotopic (exact) mass is 336 g/mol. The summed E-state index contributed by atoms with van der Waals surface area (Å²) in [6.07, 6.45) is 4.93. The normalized spacial score (nSPS) is 20.5. The van der Waals surface area contributed by atoms with Gasteiger partial charge in [-0.2, -0.15) is 4.98 Å². The number of nitrogens with zero attached hydrogens (tertiary/aromatic N) is 4. The zero-order valence-corrected chi connectivity index (χ0v) is 14.6. The fraction of sp³-hybridized carbons (Fsp3) is 0.824. The smallest absolute Gasteiger partial charge is 0.240 e. The summed E-state index contributed by atoms with van der Waals surface area (Å²) in [5.41, 5.74) is 0. The number of hydrogen-bond donors (Lipinski definition) is 0. The number of carbonyl (C=O) groups excluding carboxylic acids is 1. The van der Waals surface area contributed by atoms with E-state index in [1.165, 1.54) is 0 Å². The molecule has 0 atom stereocenters. The molecule has 0 saturated carbocycles. The molecule has 2 fully saturated rings. The lowest BCUT2D eigenvalue weighted by molar-refractivity contribution is -0.141. The van der Waals surface area contributed by atoms with Crippen molar-refractivity contribution >= 4 is 5.91 Å². The number of hydrogen-bond acceptors (Lipinski definition) is 6. The van der Waals surface area contributed by atoms with Crippen LogP contribution < -0.4 is 0 Å². The van der Waals surface area contributed by atoms with Crippen LogP contribution in [-0.2, 0) is 22.5 Å². The van der Waals surface area contributed by atoms with E-state index in [0.29, 0.717) is 31.6 Å². The minimum atomic E-state index is 0.155. The fourth-order valence-electron chi connectivity index (χ4n) is 3.36. The van der Waals surface area contributed by atoms with Crippen LogP contribution in [0.3, 0.4) is 0 Å². The summed E-state index contributed by atoms with van der Waals surface area (Å²) in [6.45, 7) is 7.48. The molecule has 0 radical (unpaired) electrons. The van der Waals surface area contributed by atoms with Gasteiger partial charge in [0.25, 0.3) is 0 Å². The molecule has 0 aromatic carbocycles. The van der Waals surface area contributed by atoms with Crippen LogP contribution in [0.1, 0.15) is 44.3 Å². The lowest BCUT2D eigenvalue weighted by Crippen LogP contribution is -2.46. The number of amides is 1. The average molecular weight is 336 g/mol. The van der Waals surface area contributed by atoms with E-state index in [2.05, 4.69) is 22.0 Å². The summed E-state index contributed by atoms with van der Waals surface area (Å²) in [4.78, 5) is 21.3. The van der Waals surface area contributed by atoms with Gasteiger partial charge < -0.3 is 14.2 Å². The molecule has 1 aromatic heterocycles. The Bertz CT molecular complexity index is 520. The highest BCUT2D eigenvalue weighted by atomic mass is 16.5. The Morgan fingerprint density at radius 1 is 1.21 bits per heavy atom. The van der Waals surface area contributed by atoms with Crippen molar-refractivity contribution in [2.24, 2.45) is 5.92 Å². The lowest BCUT2D eigenvalue weighted by atomic mass is 9.95. The van der Waals surface area contributed by atoms with Gasteiger partial charge in [-0.3, -0.25) is 9.69 Å². The quantitative estimate of drug-likeness (QED) is 0.784. The van der Waals surface area contributed by atoms with E-state index < -0.39 is 0 Å². The van der Waals surface area contributed by atoms with Gasteiger partial charge in [-0.1, -0.05) is 18.5 Å². The molecule has 7 nitrogen and oxygen atoms in total. The molecule has 0 unspecified atom stereocenters. The molecular formula is C17H28N4O3. The molecule has 3 rings (SSSR count). The van der Waals surface area contributed by atoms with Crippen LogP contribution in [0, 0.1) is 5.92 Å². The highest BCUT2D eigenvalue weighted by Gasteiger charge is 2.29. The van der Waals surface area contributed by atoms with Crippen LogP contribution in [0.25, 0.3) is 0 Å². The second-order valence-corrected chi connectivity index (χ2v) is 6.70. The first kappa shape index (κ1) is 17.4. The highest BCUT2D eigenvalue weighted by Crippen LogP contribution is 2.21. The predicted octanol–water partition coefficient (Wildman–Crippen LogP) is 1.48. The number of ether oxygens (including phenoxy) is 1. The van der Waals surface area contributed by atoms with Crippen molar-refractivity contribution in [3.05, 3.63) is 11.7 Å². The standard InChI is InChI=1S/C17H28N4O3/c1-2-3-4-15-18-16(24-19-15)13-20-7-5-14(6-8-20)17(22)21-9-11-23-12-10-21/h14H,2-13H2,1H3. The van der Waals surface area contributed by atoms with E-state index in [-0.39, 0.29) is 5.92 Å². The summed E-state index contributed by atoms with van der Waals surface area (Å²) in [6, 6.07) is 0. The zero-order chi connectivity index (χ0) is 16.8. The maximum Gasteiger partial charge on any atom is 0.240 e. The van der Waals surface area contributed by atoms with E-state index in [0.717, 1.165) is 64.1 Å². The first-order valence-corrected chi connectivity index (χ1v) is 9.16. The van der Waals surface area contributed by atoms with Crippen LogP contribution in [0.4, 0.5) is 0 Å². The first-order chi connectivity index (χ1) is 11.8. The molecule has 2 aliphatic heterocycles. The number of unbranched alkanes of at least 4 members (excludes halogenated alkanes) is 1. The van der Waals surface area contributed by atoms with Crippen molar-refractivity contribution in [2.75, 3.05) is 39.4 Å². The zero-order valence-electron chi connectivity index (χ0n) is 14.6.